The fraction of sp³-hybridized carbons (Fsp3) is 0.850. The molecule has 0 aromatic rings. The normalized spacial score (nSPS) is 12.8. The zero-order valence-electron chi connectivity index (χ0n) is 14.9. The van der Waals surface area contributed by atoms with E-state index in [9.17, 15) is 9.90 Å². The first-order valence-electron chi connectivity index (χ1n) is 9.58. The second-order valence-corrected chi connectivity index (χ2v) is 6.44. The molecular formula is C20H37O2-. The second-order valence-electron chi connectivity index (χ2n) is 6.44. The molecule has 0 aliphatic rings. The molecule has 0 amide bonds. The first-order valence-corrected chi connectivity index (χ1v) is 9.58. The van der Waals surface area contributed by atoms with Crippen molar-refractivity contribution in [2.75, 3.05) is 0 Å². The molecule has 0 aromatic heterocycles. The number of hydrogen-bond donors (Lipinski definition) is 0. The van der Waals surface area contributed by atoms with E-state index in [2.05, 4.69) is 19.1 Å². The van der Waals surface area contributed by atoms with E-state index < -0.39 is 5.97 Å². The van der Waals surface area contributed by atoms with E-state index in [0.29, 0.717) is 6.42 Å². The lowest BCUT2D eigenvalue weighted by Crippen LogP contribution is -2.30. The third-order valence-electron chi connectivity index (χ3n) is 4.39. The molecule has 2 heteroatoms. The topological polar surface area (TPSA) is 40.1 Å². The fourth-order valence-electron chi connectivity index (χ4n) is 2.77. The molecule has 0 rings (SSSR count). The van der Waals surface area contributed by atoms with E-state index in [4.69, 9.17) is 0 Å². The van der Waals surface area contributed by atoms with Crippen LogP contribution in [0.15, 0.2) is 12.2 Å². The monoisotopic (exact) mass is 309 g/mol. The summed E-state index contributed by atoms with van der Waals surface area (Å²) in [7, 11) is 0. The van der Waals surface area contributed by atoms with Gasteiger partial charge in [-0.25, -0.2) is 0 Å². The van der Waals surface area contributed by atoms with Crippen LogP contribution in [0.3, 0.4) is 0 Å². The molecule has 0 aliphatic carbocycles. The summed E-state index contributed by atoms with van der Waals surface area (Å²) in [5.41, 5.74) is 0. The Morgan fingerprint density at radius 3 is 1.82 bits per heavy atom. The van der Waals surface area contributed by atoms with Crippen molar-refractivity contribution in [3.05, 3.63) is 12.2 Å². The zero-order chi connectivity index (χ0) is 16.5. The standard InChI is InChI=1S/C20H38O2/c1-3-5-6-7-8-9-10-11-12-13-14-15-16-17-18-19(4-2)20(21)22/h11-12,19H,3-10,13-18H2,1-2H3,(H,21,22)/p-1/b12-11-. The van der Waals surface area contributed by atoms with E-state index in [1.165, 1.54) is 64.2 Å². The van der Waals surface area contributed by atoms with Gasteiger partial charge in [-0.2, -0.15) is 0 Å². The number of unbranched alkanes of at least 4 members (excludes halogenated alkanes) is 10. The molecule has 0 fully saturated rings. The smallest absolute Gasteiger partial charge is 0.0445 e. The van der Waals surface area contributed by atoms with Gasteiger partial charge < -0.3 is 9.90 Å². The Hall–Kier alpha value is -0.790. The van der Waals surface area contributed by atoms with Crippen molar-refractivity contribution in [1.29, 1.82) is 0 Å². The minimum Gasteiger partial charge on any atom is -0.550 e. The Balaban J connectivity index is 3.25. The number of aliphatic carboxylic acids is 1. The minimum absolute atomic E-state index is 0.239. The van der Waals surface area contributed by atoms with Gasteiger partial charge >= 0.3 is 0 Å². The maximum atomic E-state index is 10.8. The first kappa shape index (κ1) is 21.2. The lowest BCUT2D eigenvalue weighted by Gasteiger charge is -2.15. The van der Waals surface area contributed by atoms with Crippen LogP contribution in [0.5, 0.6) is 0 Å². The Morgan fingerprint density at radius 1 is 0.818 bits per heavy atom. The van der Waals surface area contributed by atoms with E-state index in [0.717, 1.165) is 19.3 Å². The summed E-state index contributed by atoms with van der Waals surface area (Å²) >= 11 is 0. The molecule has 22 heavy (non-hydrogen) atoms. The Kier molecular flexibility index (Phi) is 16.0. The van der Waals surface area contributed by atoms with Crippen molar-refractivity contribution in [3.8, 4) is 0 Å². The summed E-state index contributed by atoms with van der Waals surface area (Å²) in [4.78, 5) is 10.8. The molecule has 1 unspecified atom stereocenters. The van der Waals surface area contributed by atoms with Crippen LogP contribution in [-0.2, 0) is 4.79 Å². The average molecular weight is 310 g/mol. The molecule has 0 radical (unpaired) electrons. The molecule has 2 nitrogen and oxygen atoms in total. The zero-order valence-corrected chi connectivity index (χ0v) is 14.9. The highest BCUT2D eigenvalue weighted by atomic mass is 16.4. The first-order chi connectivity index (χ1) is 10.7. The highest BCUT2D eigenvalue weighted by Crippen LogP contribution is 2.14. The molecule has 0 saturated heterocycles. The summed E-state index contributed by atoms with van der Waals surface area (Å²) in [6.45, 7) is 4.18. The third-order valence-corrected chi connectivity index (χ3v) is 4.39. The van der Waals surface area contributed by atoms with Crippen LogP contribution in [0.25, 0.3) is 0 Å². The number of allylic oxidation sites excluding steroid dienone is 2. The molecule has 0 saturated carbocycles. The van der Waals surface area contributed by atoms with E-state index in [1.54, 1.807) is 0 Å². The molecule has 0 aromatic carbocycles. The van der Waals surface area contributed by atoms with Crippen LogP contribution < -0.4 is 5.11 Å². The summed E-state index contributed by atoms with van der Waals surface area (Å²) in [5, 5.41) is 10.8. The van der Waals surface area contributed by atoms with Crippen molar-refractivity contribution in [1.82, 2.24) is 0 Å². The van der Waals surface area contributed by atoms with E-state index in [-0.39, 0.29) is 5.92 Å². The number of carbonyl (C=O) groups excluding carboxylic acids is 1. The lowest BCUT2D eigenvalue weighted by molar-refractivity contribution is -0.311. The lowest BCUT2D eigenvalue weighted by atomic mass is 9.98. The van der Waals surface area contributed by atoms with Crippen molar-refractivity contribution < 1.29 is 9.90 Å². The summed E-state index contributed by atoms with van der Waals surface area (Å²) in [5.74, 6) is -1.11. The van der Waals surface area contributed by atoms with Crippen LogP contribution in [0.2, 0.25) is 0 Å². The van der Waals surface area contributed by atoms with Gasteiger partial charge in [0.25, 0.3) is 0 Å². The number of carboxylic acid groups (broad SMARTS) is 1. The van der Waals surface area contributed by atoms with Gasteiger partial charge in [0.1, 0.15) is 0 Å². The molecule has 0 heterocycles. The highest BCUT2D eigenvalue weighted by Gasteiger charge is 2.05. The molecule has 130 valence electrons. The Morgan fingerprint density at radius 2 is 1.32 bits per heavy atom. The maximum absolute atomic E-state index is 10.8. The maximum Gasteiger partial charge on any atom is 0.0445 e. The summed E-state index contributed by atoms with van der Waals surface area (Å²) in [6.07, 6.45) is 21.4. The van der Waals surface area contributed by atoms with Gasteiger partial charge in [-0.3, -0.25) is 0 Å². The molecule has 0 N–H and O–H groups in total. The van der Waals surface area contributed by atoms with Crippen molar-refractivity contribution in [2.24, 2.45) is 5.92 Å². The van der Waals surface area contributed by atoms with E-state index >= 15 is 0 Å². The van der Waals surface area contributed by atoms with Gasteiger partial charge in [-0.05, 0) is 44.4 Å². The predicted octanol–water partition coefficient (Wildman–Crippen LogP) is 5.41. The molecular weight excluding hydrogens is 272 g/mol. The van der Waals surface area contributed by atoms with Crippen molar-refractivity contribution >= 4 is 5.97 Å². The summed E-state index contributed by atoms with van der Waals surface area (Å²) < 4.78 is 0. The van der Waals surface area contributed by atoms with Gasteiger partial charge in [-0.15, -0.1) is 0 Å². The van der Waals surface area contributed by atoms with Gasteiger partial charge in [0, 0.05) is 5.97 Å². The number of hydrogen-bond acceptors (Lipinski definition) is 2. The van der Waals surface area contributed by atoms with Crippen LogP contribution in [0, 0.1) is 5.92 Å². The third kappa shape index (κ3) is 14.2. The highest BCUT2D eigenvalue weighted by molar-refractivity contribution is 5.67. The van der Waals surface area contributed by atoms with Crippen LogP contribution in [-0.4, -0.2) is 5.97 Å². The number of carbonyl (C=O) groups is 1. The van der Waals surface area contributed by atoms with Crippen LogP contribution >= 0.6 is 0 Å². The van der Waals surface area contributed by atoms with Crippen molar-refractivity contribution in [2.45, 2.75) is 104 Å². The van der Waals surface area contributed by atoms with Gasteiger partial charge in [0.15, 0.2) is 0 Å². The quantitative estimate of drug-likeness (QED) is 0.282. The van der Waals surface area contributed by atoms with Crippen LogP contribution in [0.4, 0.5) is 0 Å². The van der Waals surface area contributed by atoms with Gasteiger partial charge in [0.05, 0.1) is 0 Å². The van der Waals surface area contributed by atoms with Crippen LogP contribution in [0.1, 0.15) is 104 Å². The molecule has 1 atom stereocenters. The summed E-state index contributed by atoms with van der Waals surface area (Å²) in [6, 6.07) is 0. The molecule has 0 spiro atoms. The van der Waals surface area contributed by atoms with Gasteiger partial charge in [0.2, 0.25) is 0 Å². The Bertz CT molecular complexity index is 271. The predicted molar refractivity (Wildman–Crippen MR) is 93.6 cm³/mol. The molecule has 0 aliphatic heterocycles. The Labute approximate surface area is 138 Å². The van der Waals surface area contributed by atoms with Gasteiger partial charge in [-0.1, -0.05) is 77.4 Å². The van der Waals surface area contributed by atoms with Crippen molar-refractivity contribution in [3.63, 3.8) is 0 Å². The molecule has 0 bridgehead atoms. The number of rotatable bonds is 16. The largest absolute Gasteiger partial charge is 0.550 e. The number of carboxylic acids is 1. The second kappa shape index (κ2) is 16.6. The fourth-order valence-corrected chi connectivity index (χ4v) is 2.77. The minimum atomic E-state index is -0.875. The SMILES string of the molecule is CCCCCCCC/C=C\CCCCCCC(CC)C(=O)[O-]. The average Bonchev–Trinajstić information content (AvgIpc) is 2.51. The van der Waals surface area contributed by atoms with E-state index in [1.807, 2.05) is 6.92 Å².